The van der Waals surface area contributed by atoms with Gasteiger partial charge in [0.05, 0.1) is 10.6 Å². The zero-order valence-electron chi connectivity index (χ0n) is 18.3. The lowest BCUT2D eigenvalue weighted by atomic mass is 10.2. The number of benzene rings is 1. The van der Waals surface area contributed by atoms with Gasteiger partial charge in [-0.05, 0) is 68.3 Å². The maximum atomic E-state index is 14.3. The maximum Gasteiger partial charge on any atom is 0.294 e. The minimum absolute atomic E-state index is 0.187. The Morgan fingerprint density at radius 3 is 2.47 bits per heavy atom. The molecule has 168 valence electrons. The van der Waals surface area contributed by atoms with Gasteiger partial charge in [0.1, 0.15) is 12.4 Å². The van der Waals surface area contributed by atoms with Gasteiger partial charge in [-0.25, -0.2) is 4.39 Å². The molecule has 8 heteroatoms. The van der Waals surface area contributed by atoms with Crippen LogP contribution in [-0.4, -0.2) is 51.1 Å². The van der Waals surface area contributed by atoms with Crippen molar-refractivity contribution >= 4 is 34.9 Å². The molecule has 0 atom stereocenters. The molecule has 4 rings (SSSR count). The van der Waals surface area contributed by atoms with Crippen LogP contribution in [0.1, 0.15) is 42.6 Å². The van der Waals surface area contributed by atoms with E-state index in [4.69, 9.17) is 0 Å². The van der Waals surface area contributed by atoms with E-state index in [-0.39, 0.29) is 23.2 Å². The Balaban J connectivity index is 1.55. The quantitative estimate of drug-likeness (QED) is 0.629. The first-order valence-electron chi connectivity index (χ1n) is 10.8. The molecule has 0 radical (unpaired) electrons. The largest absolute Gasteiger partial charge is 0.341 e. The van der Waals surface area contributed by atoms with Gasteiger partial charge in [0.25, 0.3) is 11.1 Å². The van der Waals surface area contributed by atoms with Crippen molar-refractivity contribution in [2.24, 2.45) is 0 Å². The molecule has 1 aromatic carbocycles. The van der Waals surface area contributed by atoms with Crippen LogP contribution in [0.4, 0.5) is 9.18 Å². The lowest BCUT2D eigenvalue weighted by Crippen LogP contribution is -2.42. The van der Waals surface area contributed by atoms with Crippen LogP contribution in [0, 0.1) is 19.7 Å². The molecule has 2 aliphatic heterocycles. The molecule has 2 aliphatic rings. The molecular weight excluding hydrogens is 429 g/mol. The van der Waals surface area contributed by atoms with Gasteiger partial charge >= 0.3 is 0 Å². The molecule has 32 heavy (non-hydrogen) atoms. The van der Waals surface area contributed by atoms with Gasteiger partial charge in [0, 0.05) is 24.5 Å². The average Bonchev–Trinajstić information content (AvgIpc) is 3.05. The number of aromatic nitrogens is 1. The number of amides is 3. The fraction of sp³-hybridized carbons (Fsp3) is 0.375. The van der Waals surface area contributed by atoms with Crippen LogP contribution < -0.4 is 0 Å². The molecule has 2 aromatic rings. The number of rotatable bonds is 4. The van der Waals surface area contributed by atoms with E-state index in [2.05, 4.69) is 0 Å². The number of likely N-dealkylation sites (tertiary alicyclic amines) is 1. The molecule has 0 aliphatic carbocycles. The molecule has 2 fully saturated rings. The lowest BCUT2D eigenvalue weighted by Gasteiger charge is -2.22. The molecule has 3 heterocycles. The van der Waals surface area contributed by atoms with Gasteiger partial charge < -0.3 is 9.47 Å². The SMILES string of the molecule is Cc1cc(C=C2SC(=O)N(CC(=O)N3CCCCCC3)C2=O)c(C)n1-c1ccccc1F. The topological polar surface area (TPSA) is 62.6 Å². The summed E-state index contributed by atoms with van der Waals surface area (Å²) in [5.41, 5.74) is 2.74. The third-order valence-corrected chi connectivity index (χ3v) is 6.88. The van der Waals surface area contributed by atoms with Crippen molar-refractivity contribution in [2.75, 3.05) is 19.6 Å². The molecule has 0 bridgehead atoms. The van der Waals surface area contributed by atoms with E-state index in [0.29, 0.717) is 18.8 Å². The van der Waals surface area contributed by atoms with E-state index in [0.717, 1.165) is 59.3 Å². The maximum absolute atomic E-state index is 14.3. The lowest BCUT2D eigenvalue weighted by molar-refractivity contribution is -0.135. The number of para-hydroxylation sites is 1. The number of carbonyl (C=O) groups is 3. The van der Waals surface area contributed by atoms with Gasteiger partial charge in [-0.3, -0.25) is 19.3 Å². The molecular formula is C24H26FN3O3S. The van der Waals surface area contributed by atoms with Crippen molar-refractivity contribution in [3.8, 4) is 5.69 Å². The Hall–Kier alpha value is -2.87. The number of thioether (sulfide) groups is 1. The Labute approximate surface area is 191 Å². The molecule has 0 spiro atoms. The molecule has 1 aromatic heterocycles. The van der Waals surface area contributed by atoms with Crippen molar-refractivity contribution in [3.63, 3.8) is 0 Å². The summed E-state index contributed by atoms with van der Waals surface area (Å²) in [5, 5.41) is -0.438. The Morgan fingerprint density at radius 1 is 1.09 bits per heavy atom. The minimum Gasteiger partial charge on any atom is -0.341 e. The van der Waals surface area contributed by atoms with E-state index in [1.807, 2.05) is 19.9 Å². The first kappa shape index (κ1) is 22.3. The van der Waals surface area contributed by atoms with Crippen molar-refractivity contribution in [2.45, 2.75) is 39.5 Å². The summed E-state index contributed by atoms with van der Waals surface area (Å²) in [6.07, 6.45) is 5.75. The summed E-state index contributed by atoms with van der Waals surface area (Å²) in [6, 6.07) is 8.36. The summed E-state index contributed by atoms with van der Waals surface area (Å²) >= 11 is 0.837. The fourth-order valence-corrected chi connectivity index (χ4v) is 5.10. The number of nitrogens with zero attached hydrogens (tertiary/aromatic N) is 3. The molecule has 6 nitrogen and oxygen atoms in total. The second-order valence-corrected chi connectivity index (χ2v) is 9.17. The van der Waals surface area contributed by atoms with Gasteiger partial charge in [-0.15, -0.1) is 0 Å². The first-order chi connectivity index (χ1) is 15.4. The van der Waals surface area contributed by atoms with Gasteiger partial charge in [0.15, 0.2) is 0 Å². The number of carbonyl (C=O) groups excluding carboxylic acids is 3. The Kier molecular flexibility index (Phi) is 6.50. The zero-order valence-corrected chi connectivity index (χ0v) is 19.1. The van der Waals surface area contributed by atoms with E-state index in [9.17, 15) is 18.8 Å². The Morgan fingerprint density at radius 2 is 1.78 bits per heavy atom. The summed E-state index contributed by atoms with van der Waals surface area (Å²) in [6.45, 7) is 4.83. The van der Waals surface area contributed by atoms with Crippen molar-refractivity contribution in [1.82, 2.24) is 14.4 Å². The summed E-state index contributed by atoms with van der Waals surface area (Å²) in [4.78, 5) is 41.1. The number of halogens is 1. The average molecular weight is 456 g/mol. The summed E-state index contributed by atoms with van der Waals surface area (Å²) in [5.74, 6) is -0.986. The van der Waals surface area contributed by atoms with Crippen molar-refractivity contribution < 1.29 is 18.8 Å². The zero-order chi connectivity index (χ0) is 22.8. The van der Waals surface area contributed by atoms with Crippen molar-refractivity contribution in [3.05, 3.63) is 58.0 Å². The second-order valence-electron chi connectivity index (χ2n) is 8.18. The summed E-state index contributed by atoms with van der Waals surface area (Å²) in [7, 11) is 0. The highest BCUT2D eigenvalue weighted by Gasteiger charge is 2.37. The first-order valence-corrected chi connectivity index (χ1v) is 11.7. The highest BCUT2D eigenvalue weighted by molar-refractivity contribution is 8.18. The van der Waals surface area contributed by atoms with Gasteiger partial charge in [0.2, 0.25) is 5.91 Å². The highest BCUT2D eigenvalue weighted by Crippen LogP contribution is 2.34. The fourth-order valence-electron chi connectivity index (χ4n) is 4.27. The van der Waals surface area contributed by atoms with Crippen LogP contribution in [0.15, 0.2) is 35.2 Å². The molecule has 2 saturated heterocycles. The predicted molar refractivity (Wildman–Crippen MR) is 123 cm³/mol. The van der Waals surface area contributed by atoms with Gasteiger partial charge in [-0.1, -0.05) is 25.0 Å². The molecule has 3 amide bonds. The number of imide groups is 1. The van der Waals surface area contributed by atoms with E-state index >= 15 is 0 Å². The number of hydrogen-bond donors (Lipinski definition) is 0. The molecule has 0 saturated carbocycles. The van der Waals surface area contributed by atoms with Crippen LogP contribution in [0.25, 0.3) is 11.8 Å². The number of aryl methyl sites for hydroxylation is 1. The van der Waals surface area contributed by atoms with E-state index < -0.39 is 11.1 Å². The standard InChI is InChI=1S/C24H26FN3O3S/c1-16-13-18(17(2)28(16)20-10-6-5-9-19(20)25)14-21-23(30)27(24(31)32-21)15-22(29)26-11-7-3-4-8-12-26/h5-6,9-10,13-14H,3-4,7-8,11-12,15H2,1-2H3. The predicted octanol–water partition coefficient (Wildman–Crippen LogP) is 4.67. The Bertz CT molecular complexity index is 1100. The van der Waals surface area contributed by atoms with Crippen molar-refractivity contribution in [1.29, 1.82) is 0 Å². The second kappa shape index (κ2) is 9.32. The van der Waals surface area contributed by atoms with Crippen LogP contribution in [-0.2, 0) is 9.59 Å². The van der Waals surface area contributed by atoms with Crippen LogP contribution >= 0.6 is 11.8 Å². The third kappa shape index (κ3) is 4.37. The smallest absolute Gasteiger partial charge is 0.294 e. The molecule has 0 unspecified atom stereocenters. The van der Waals surface area contributed by atoms with E-state index in [1.54, 1.807) is 33.7 Å². The molecule has 0 N–H and O–H groups in total. The van der Waals surface area contributed by atoms with Crippen LogP contribution in [0.2, 0.25) is 0 Å². The third-order valence-electron chi connectivity index (χ3n) is 5.98. The van der Waals surface area contributed by atoms with Gasteiger partial charge in [-0.2, -0.15) is 0 Å². The summed E-state index contributed by atoms with van der Waals surface area (Å²) < 4.78 is 16.1. The van der Waals surface area contributed by atoms with Crippen LogP contribution in [0.3, 0.4) is 0 Å². The van der Waals surface area contributed by atoms with Crippen LogP contribution in [0.5, 0.6) is 0 Å². The highest BCUT2D eigenvalue weighted by atomic mass is 32.2. The normalized spacial score (nSPS) is 18.5. The monoisotopic (exact) mass is 455 g/mol. The number of hydrogen-bond acceptors (Lipinski definition) is 4. The van der Waals surface area contributed by atoms with E-state index in [1.165, 1.54) is 6.07 Å². The minimum atomic E-state index is -0.459.